The van der Waals surface area contributed by atoms with E-state index < -0.39 is 0 Å². The third kappa shape index (κ3) is 2.12. The molecule has 2 N–H and O–H groups in total. The van der Waals surface area contributed by atoms with Gasteiger partial charge in [0.25, 0.3) is 0 Å². The Morgan fingerprint density at radius 2 is 1.89 bits per heavy atom. The van der Waals surface area contributed by atoms with Crippen molar-refractivity contribution >= 4 is 27.2 Å². The zero-order valence-corrected chi connectivity index (χ0v) is 10.4. The van der Waals surface area contributed by atoms with E-state index in [4.69, 9.17) is 10.5 Å². The Morgan fingerprint density at radius 3 is 2.72 bits per heavy atom. The summed E-state index contributed by atoms with van der Waals surface area (Å²) in [4.78, 5) is 0. The Labute approximate surface area is 108 Å². The Hall–Kier alpha value is -2.14. The van der Waals surface area contributed by atoms with Crippen LogP contribution in [0.4, 0.5) is 5.13 Å². The van der Waals surface area contributed by atoms with Crippen LogP contribution >= 0.6 is 11.3 Å². The lowest BCUT2D eigenvalue weighted by Gasteiger charge is -2.07. The number of hydrogen-bond donors (Lipinski definition) is 1. The van der Waals surface area contributed by atoms with Gasteiger partial charge in [-0.05, 0) is 11.5 Å². The SMILES string of the molecule is Nc1nnc(COc2cccc3ccccc23)s1. The molecular weight excluding hydrogens is 246 g/mol. The number of benzene rings is 2. The predicted molar refractivity (Wildman–Crippen MR) is 72.6 cm³/mol. The fraction of sp³-hybridized carbons (Fsp3) is 0.0769. The smallest absolute Gasteiger partial charge is 0.203 e. The summed E-state index contributed by atoms with van der Waals surface area (Å²) in [7, 11) is 0. The molecule has 1 aromatic heterocycles. The monoisotopic (exact) mass is 257 g/mol. The topological polar surface area (TPSA) is 61.0 Å². The number of hydrogen-bond acceptors (Lipinski definition) is 5. The van der Waals surface area contributed by atoms with Gasteiger partial charge < -0.3 is 10.5 Å². The van der Waals surface area contributed by atoms with E-state index in [2.05, 4.69) is 22.3 Å². The van der Waals surface area contributed by atoms with E-state index in [1.165, 1.54) is 11.3 Å². The minimum Gasteiger partial charge on any atom is -0.486 e. The zero-order valence-electron chi connectivity index (χ0n) is 9.54. The van der Waals surface area contributed by atoms with Gasteiger partial charge >= 0.3 is 0 Å². The maximum atomic E-state index is 5.77. The van der Waals surface area contributed by atoms with E-state index in [0.717, 1.165) is 21.5 Å². The number of fused-ring (bicyclic) bond motifs is 1. The van der Waals surface area contributed by atoms with Crippen LogP contribution in [0.5, 0.6) is 5.75 Å². The fourth-order valence-electron chi connectivity index (χ4n) is 1.79. The number of nitrogens with two attached hydrogens (primary N) is 1. The summed E-state index contributed by atoms with van der Waals surface area (Å²) in [5.41, 5.74) is 5.53. The first kappa shape index (κ1) is 11.0. The standard InChI is InChI=1S/C13H11N3OS/c14-13-16-15-12(18-13)8-17-11-7-3-5-9-4-1-2-6-10(9)11/h1-7H,8H2,(H2,14,16). The molecule has 3 rings (SSSR count). The number of anilines is 1. The van der Waals surface area contributed by atoms with Crippen molar-refractivity contribution in [2.45, 2.75) is 6.61 Å². The summed E-state index contributed by atoms with van der Waals surface area (Å²) in [5.74, 6) is 0.849. The third-order valence-electron chi connectivity index (χ3n) is 2.58. The van der Waals surface area contributed by atoms with E-state index >= 15 is 0 Å². The molecule has 0 aliphatic carbocycles. The van der Waals surface area contributed by atoms with Gasteiger partial charge in [0.05, 0.1) is 0 Å². The molecule has 2 aromatic carbocycles. The molecule has 0 bridgehead atoms. The molecule has 0 saturated heterocycles. The minimum atomic E-state index is 0.392. The molecule has 1 heterocycles. The molecule has 18 heavy (non-hydrogen) atoms. The van der Waals surface area contributed by atoms with Gasteiger partial charge in [-0.25, -0.2) is 0 Å². The summed E-state index contributed by atoms with van der Waals surface area (Å²) in [6.45, 7) is 0.392. The molecule has 0 saturated carbocycles. The molecular formula is C13H11N3OS. The molecule has 0 aliphatic rings. The van der Waals surface area contributed by atoms with E-state index in [1.807, 2.05) is 30.3 Å². The van der Waals surface area contributed by atoms with E-state index in [-0.39, 0.29) is 0 Å². The Bertz CT molecular complexity index is 675. The van der Waals surface area contributed by atoms with Crippen molar-refractivity contribution in [3.05, 3.63) is 47.5 Å². The van der Waals surface area contributed by atoms with Gasteiger partial charge in [0, 0.05) is 5.39 Å². The molecule has 0 spiro atoms. The van der Waals surface area contributed by atoms with Gasteiger partial charge in [-0.1, -0.05) is 47.7 Å². The summed E-state index contributed by atoms with van der Waals surface area (Å²) in [6.07, 6.45) is 0. The highest BCUT2D eigenvalue weighted by atomic mass is 32.1. The zero-order chi connectivity index (χ0) is 12.4. The van der Waals surface area contributed by atoms with Gasteiger partial charge in [0.1, 0.15) is 12.4 Å². The highest BCUT2D eigenvalue weighted by molar-refractivity contribution is 7.15. The molecule has 0 radical (unpaired) electrons. The largest absolute Gasteiger partial charge is 0.486 e. The number of nitrogen functional groups attached to an aromatic ring is 1. The van der Waals surface area contributed by atoms with E-state index in [0.29, 0.717) is 11.7 Å². The third-order valence-corrected chi connectivity index (χ3v) is 3.31. The molecule has 4 nitrogen and oxygen atoms in total. The van der Waals surface area contributed by atoms with Crippen molar-refractivity contribution in [3.8, 4) is 5.75 Å². The first-order chi connectivity index (χ1) is 8.83. The first-order valence-electron chi connectivity index (χ1n) is 5.51. The van der Waals surface area contributed by atoms with Crippen LogP contribution in [0.3, 0.4) is 0 Å². The van der Waals surface area contributed by atoms with E-state index in [1.54, 1.807) is 0 Å². The molecule has 0 amide bonds. The molecule has 5 heteroatoms. The van der Waals surface area contributed by atoms with Gasteiger partial charge in [-0.15, -0.1) is 10.2 Å². The second-order valence-corrected chi connectivity index (χ2v) is 4.89. The van der Waals surface area contributed by atoms with Crippen molar-refractivity contribution in [1.82, 2.24) is 10.2 Å². The van der Waals surface area contributed by atoms with Crippen LogP contribution in [0.25, 0.3) is 10.8 Å². The average Bonchev–Trinajstić information content (AvgIpc) is 2.82. The van der Waals surface area contributed by atoms with Crippen molar-refractivity contribution < 1.29 is 4.74 Å². The Kier molecular flexibility index (Phi) is 2.82. The van der Waals surface area contributed by atoms with Crippen LogP contribution in [-0.2, 0) is 6.61 Å². The Balaban J connectivity index is 1.86. The normalized spacial score (nSPS) is 10.7. The fourth-order valence-corrected chi connectivity index (χ4v) is 2.31. The van der Waals surface area contributed by atoms with Gasteiger partial charge in [-0.3, -0.25) is 0 Å². The number of aromatic nitrogens is 2. The van der Waals surface area contributed by atoms with E-state index in [9.17, 15) is 0 Å². The van der Waals surface area contributed by atoms with Gasteiger partial charge in [0.15, 0.2) is 5.01 Å². The summed E-state index contributed by atoms with van der Waals surface area (Å²) in [5, 5.41) is 11.2. The van der Waals surface area contributed by atoms with Crippen molar-refractivity contribution in [1.29, 1.82) is 0 Å². The summed E-state index contributed by atoms with van der Waals surface area (Å²) in [6, 6.07) is 14.1. The van der Waals surface area contributed by atoms with Crippen LogP contribution < -0.4 is 10.5 Å². The predicted octanol–water partition coefficient (Wildman–Crippen LogP) is 2.85. The molecule has 0 atom stereocenters. The number of ether oxygens (including phenoxy) is 1. The van der Waals surface area contributed by atoms with Crippen LogP contribution in [0.1, 0.15) is 5.01 Å². The molecule has 0 unspecified atom stereocenters. The van der Waals surface area contributed by atoms with Crippen LogP contribution in [-0.4, -0.2) is 10.2 Å². The molecule has 90 valence electrons. The quantitative estimate of drug-likeness (QED) is 0.783. The lowest BCUT2D eigenvalue weighted by Crippen LogP contribution is -1.95. The molecule has 3 aromatic rings. The summed E-state index contributed by atoms with van der Waals surface area (Å²) >= 11 is 1.34. The number of rotatable bonds is 3. The van der Waals surface area contributed by atoms with Crippen LogP contribution in [0.2, 0.25) is 0 Å². The van der Waals surface area contributed by atoms with Gasteiger partial charge in [0.2, 0.25) is 5.13 Å². The molecule has 0 fully saturated rings. The maximum absolute atomic E-state index is 5.77. The lowest BCUT2D eigenvalue weighted by molar-refractivity contribution is 0.308. The number of nitrogens with zero attached hydrogens (tertiary/aromatic N) is 2. The van der Waals surface area contributed by atoms with Crippen molar-refractivity contribution in [2.24, 2.45) is 0 Å². The highest BCUT2D eigenvalue weighted by Gasteiger charge is 2.04. The Morgan fingerprint density at radius 1 is 1.06 bits per heavy atom. The van der Waals surface area contributed by atoms with Gasteiger partial charge in [-0.2, -0.15) is 0 Å². The van der Waals surface area contributed by atoms with Crippen LogP contribution in [0, 0.1) is 0 Å². The highest BCUT2D eigenvalue weighted by Crippen LogP contribution is 2.26. The lowest BCUT2D eigenvalue weighted by atomic mass is 10.1. The minimum absolute atomic E-state index is 0.392. The van der Waals surface area contributed by atoms with Crippen LogP contribution in [0.15, 0.2) is 42.5 Å². The second kappa shape index (κ2) is 4.62. The van der Waals surface area contributed by atoms with Crippen molar-refractivity contribution in [2.75, 3.05) is 5.73 Å². The van der Waals surface area contributed by atoms with Crippen molar-refractivity contribution in [3.63, 3.8) is 0 Å². The maximum Gasteiger partial charge on any atom is 0.203 e. The second-order valence-electron chi connectivity index (χ2n) is 3.80. The first-order valence-corrected chi connectivity index (χ1v) is 6.33. The average molecular weight is 257 g/mol. The summed E-state index contributed by atoms with van der Waals surface area (Å²) < 4.78 is 5.77. The molecule has 0 aliphatic heterocycles.